The van der Waals surface area contributed by atoms with E-state index in [1.807, 2.05) is 0 Å². The topological polar surface area (TPSA) is 70.0 Å². The van der Waals surface area contributed by atoms with Crippen molar-refractivity contribution in [2.75, 3.05) is 12.3 Å². The Kier molecular flexibility index (Phi) is 3.06. The first-order chi connectivity index (χ1) is 6.56. The second-order valence-corrected chi connectivity index (χ2v) is 2.78. The quantitative estimate of drug-likeness (QED) is 0.553. The summed E-state index contributed by atoms with van der Waals surface area (Å²) in [5.74, 6) is -0.508. The number of aryl methyl sites for hydroxylation is 1. The van der Waals surface area contributed by atoms with Gasteiger partial charge in [-0.3, -0.25) is 10.4 Å². The molecule has 5 nitrogen and oxygen atoms in total. The molecule has 0 unspecified atom stereocenters. The molecule has 5 heteroatoms. The molecule has 1 aromatic carbocycles. The molecule has 0 heterocycles. The fourth-order valence-corrected chi connectivity index (χ4v) is 1.06. The van der Waals surface area contributed by atoms with Gasteiger partial charge in [0.2, 0.25) is 0 Å². The lowest BCUT2D eigenvalue weighted by molar-refractivity contribution is 0.0291. The van der Waals surface area contributed by atoms with Gasteiger partial charge in [-0.15, -0.1) is 5.23 Å². The van der Waals surface area contributed by atoms with Crippen molar-refractivity contribution in [3.05, 3.63) is 29.3 Å². The van der Waals surface area contributed by atoms with Crippen molar-refractivity contribution in [1.82, 2.24) is 0 Å². The first-order valence-electron chi connectivity index (χ1n) is 3.93. The molecule has 0 aliphatic heterocycles. The minimum atomic E-state index is -0.508. The maximum atomic E-state index is 11.2. The third-order valence-corrected chi connectivity index (χ3v) is 1.86. The highest BCUT2D eigenvalue weighted by Crippen LogP contribution is 2.17. The molecule has 0 saturated carbocycles. The summed E-state index contributed by atoms with van der Waals surface area (Å²) in [7, 11) is 1.27. The van der Waals surface area contributed by atoms with Gasteiger partial charge in [0, 0.05) is 0 Å². The van der Waals surface area contributed by atoms with E-state index >= 15 is 0 Å². The predicted molar refractivity (Wildman–Crippen MR) is 48.6 cm³/mol. The number of hydrogen-bond donors (Lipinski definition) is 2. The van der Waals surface area contributed by atoms with Gasteiger partial charge in [0.25, 0.3) is 0 Å². The van der Waals surface area contributed by atoms with Crippen molar-refractivity contribution in [3.8, 4) is 0 Å². The van der Waals surface area contributed by atoms with Gasteiger partial charge in [0.1, 0.15) is 0 Å². The van der Waals surface area contributed by atoms with Crippen molar-refractivity contribution >= 4 is 11.7 Å². The van der Waals surface area contributed by atoms with Gasteiger partial charge < -0.3 is 4.74 Å². The van der Waals surface area contributed by atoms with Crippen LogP contribution in [0, 0.1) is 6.92 Å². The minimum Gasteiger partial charge on any atom is -0.465 e. The van der Waals surface area contributed by atoms with Gasteiger partial charge in [-0.05, 0) is 24.6 Å². The summed E-state index contributed by atoms with van der Waals surface area (Å²) in [5, 5.41) is 17.4. The molecule has 0 bridgehead atoms. The molecule has 0 amide bonds. The standard InChI is InChI=1S/C9H11NO4/c1-6-3-4-7(10(12)13)5-8(6)9(11)14-2/h3-5,12-13H,1-2H3. The van der Waals surface area contributed by atoms with Crippen LogP contribution in [-0.4, -0.2) is 23.5 Å². The second kappa shape index (κ2) is 4.08. The average molecular weight is 197 g/mol. The molecule has 14 heavy (non-hydrogen) atoms. The molecular formula is C9H11NO4. The van der Waals surface area contributed by atoms with Crippen molar-refractivity contribution in [2.45, 2.75) is 6.92 Å². The van der Waals surface area contributed by atoms with Crippen LogP contribution in [0.2, 0.25) is 0 Å². The van der Waals surface area contributed by atoms with Gasteiger partial charge in [0.05, 0.1) is 18.4 Å². The van der Waals surface area contributed by atoms with Crippen molar-refractivity contribution < 1.29 is 19.9 Å². The summed E-state index contributed by atoms with van der Waals surface area (Å²) in [5.41, 5.74) is 1.12. The van der Waals surface area contributed by atoms with E-state index in [0.717, 1.165) is 0 Å². The summed E-state index contributed by atoms with van der Waals surface area (Å²) in [4.78, 5) is 11.2. The fraction of sp³-hybridized carbons (Fsp3) is 0.222. The van der Waals surface area contributed by atoms with Gasteiger partial charge in [-0.1, -0.05) is 6.07 Å². The molecule has 0 atom stereocenters. The van der Waals surface area contributed by atoms with Crippen LogP contribution in [0.1, 0.15) is 15.9 Å². The van der Waals surface area contributed by atoms with Crippen molar-refractivity contribution in [3.63, 3.8) is 0 Å². The van der Waals surface area contributed by atoms with Gasteiger partial charge in [-0.2, -0.15) is 0 Å². The first kappa shape index (κ1) is 10.5. The highest BCUT2D eigenvalue weighted by atomic mass is 16.8. The molecule has 0 fully saturated rings. The van der Waals surface area contributed by atoms with Crippen molar-refractivity contribution in [2.24, 2.45) is 0 Å². The van der Waals surface area contributed by atoms with E-state index in [1.54, 1.807) is 13.0 Å². The second-order valence-electron chi connectivity index (χ2n) is 2.78. The molecule has 0 saturated heterocycles. The lowest BCUT2D eigenvalue weighted by atomic mass is 10.1. The normalized spacial score (nSPS) is 9.71. The molecule has 76 valence electrons. The summed E-state index contributed by atoms with van der Waals surface area (Å²) < 4.78 is 4.53. The number of carbonyl (C=O) groups excluding carboxylic acids is 1. The molecule has 1 aromatic rings. The van der Waals surface area contributed by atoms with E-state index in [9.17, 15) is 4.79 Å². The zero-order chi connectivity index (χ0) is 10.7. The summed E-state index contributed by atoms with van der Waals surface area (Å²) >= 11 is 0. The maximum Gasteiger partial charge on any atom is 0.338 e. The number of rotatable bonds is 2. The van der Waals surface area contributed by atoms with Crippen LogP contribution in [0.15, 0.2) is 18.2 Å². The average Bonchev–Trinajstić information content (AvgIpc) is 2.17. The zero-order valence-electron chi connectivity index (χ0n) is 7.89. The number of methoxy groups -OCH3 is 1. The predicted octanol–water partition coefficient (Wildman–Crippen LogP) is 1.37. The van der Waals surface area contributed by atoms with Crippen LogP contribution in [0.25, 0.3) is 0 Å². The number of hydrogen-bond acceptors (Lipinski definition) is 5. The lowest BCUT2D eigenvalue weighted by Crippen LogP contribution is -2.12. The minimum absolute atomic E-state index is 0.0497. The summed E-state index contributed by atoms with van der Waals surface area (Å²) in [6.07, 6.45) is 0. The van der Waals surface area contributed by atoms with Gasteiger partial charge in [-0.25, -0.2) is 4.79 Å². The Hall–Kier alpha value is -1.59. The van der Waals surface area contributed by atoms with Crippen LogP contribution in [0.3, 0.4) is 0 Å². The third kappa shape index (κ3) is 2.01. The highest BCUT2D eigenvalue weighted by molar-refractivity contribution is 5.92. The molecule has 0 aliphatic carbocycles. The maximum absolute atomic E-state index is 11.2. The molecule has 0 radical (unpaired) electrons. The van der Waals surface area contributed by atoms with E-state index in [0.29, 0.717) is 11.1 Å². The molecule has 0 aliphatic rings. The fourth-order valence-electron chi connectivity index (χ4n) is 1.06. The molecule has 1 rings (SSSR count). The molecular weight excluding hydrogens is 186 g/mol. The Morgan fingerprint density at radius 2 is 2.07 bits per heavy atom. The Morgan fingerprint density at radius 1 is 1.43 bits per heavy atom. The van der Waals surface area contributed by atoms with Crippen LogP contribution < -0.4 is 5.23 Å². The largest absolute Gasteiger partial charge is 0.465 e. The van der Waals surface area contributed by atoms with Crippen LogP contribution >= 0.6 is 0 Å². The first-order valence-corrected chi connectivity index (χ1v) is 3.93. The highest BCUT2D eigenvalue weighted by Gasteiger charge is 2.11. The van der Waals surface area contributed by atoms with E-state index in [2.05, 4.69) is 4.74 Å². The molecule has 2 N–H and O–H groups in total. The Labute approximate surface area is 81.1 Å². The number of esters is 1. The zero-order valence-corrected chi connectivity index (χ0v) is 7.89. The number of carbonyl (C=O) groups is 1. The monoisotopic (exact) mass is 197 g/mol. The Balaban J connectivity index is 3.15. The van der Waals surface area contributed by atoms with E-state index in [-0.39, 0.29) is 10.9 Å². The van der Waals surface area contributed by atoms with Crippen LogP contribution in [0.4, 0.5) is 5.69 Å². The lowest BCUT2D eigenvalue weighted by Gasteiger charge is -2.10. The third-order valence-electron chi connectivity index (χ3n) is 1.86. The van der Waals surface area contributed by atoms with E-state index < -0.39 is 5.97 Å². The van der Waals surface area contributed by atoms with Crippen LogP contribution in [-0.2, 0) is 4.74 Å². The summed E-state index contributed by atoms with van der Waals surface area (Å²) in [6, 6.07) is 4.41. The number of benzene rings is 1. The van der Waals surface area contributed by atoms with Gasteiger partial charge >= 0.3 is 5.97 Å². The summed E-state index contributed by atoms with van der Waals surface area (Å²) in [6.45, 7) is 1.73. The van der Waals surface area contributed by atoms with E-state index in [4.69, 9.17) is 10.4 Å². The van der Waals surface area contributed by atoms with Gasteiger partial charge in [0.15, 0.2) is 0 Å². The van der Waals surface area contributed by atoms with E-state index in [1.165, 1.54) is 19.2 Å². The molecule has 0 aromatic heterocycles. The SMILES string of the molecule is COC(=O)c1cc(N(O)O)ccc1C. The molecule has 0 spiro atoms. The number of ether oxygens (including phenoxy) is 1. The number of nitrogens with zero attached hydrogens (tertiary/aromatic N) is 1. The Morgan fingerprint density at radius 3 is 2.57 bits per heavy atom. The Bertz CT molecular complexity index is 349. The van der Waals surface area contributed by atoms with Crippen LogP contribution in [0.5, 0.6) is 0 Å². The smallest absolute Gasteiger partial charge is 0.338 e. The van der Waals surface area contributed by atoms with Crippen molar-refractivity contribution in [1.29, 1.82) is 0 Å². The number of anilines is 1.